The first kappa shape index (κ1) is 11.0. The van der Waals surface area contributed by atoms with Crippen molar-refractivity contribution in [1.29, 1.82) is 0 Å². The summed E-state index contributed by atoms with van der Waals surface area (Å²) in [5, 5.41) is 0.161. The van der Waals surface area contributed by atoms with Crippen LogP contribution in [0.2, 0.25) is 5.02 Å². The summed E-state index contributed by atoms with van der Waals surface area (Å²) in [6, 6.07) is 0. The standard InChI is InChI=1S/C9H12ClNO3S/c1-6-8(10)9(15(12,13)14)7-4-2-3-5-11(6)7/h2-5H2,1H3,(H,12,13,14). The number of fused-ring (bicyclic) bond motifs is 1. The van der Waals surface area contributed by atoms with Crippen LogP contribution in [0.1, 0.15) is 24.2 Å². The van der Waals surface area contributed by atoms with Crippen LogP contribution in [0.4, 0.5) is 0 Å². The minimum atomic E-state index is -4.21. The molecule has 0 fully saturated rings. The second kappa shape index (κ2) is 3.50. The van der Waals surface area contributed by atoms with Gasteiger partial charge in [-0.2, -0.15) is 8.42 Å². The second-order valence-corrected chi connectivity index (χ2v) is 5.50. The number of aromatic nitrogens is 1. The van der Waals surface area contributed by atoms with Crippen molar-refractivity contribution < 1.29 is 13.0 Å². The van der Waals surface area contributed by atoms with Crippen LogP contribution in [0.5, 0.6) is 0 Å². The van der Waals surface area contributed by atoms with E-state index in [1.807, 2.05) is 4.57 Å². The average molecular weight is 250 g/mol. The largest absolute Gasteiger partial charge is 0.346 e. The van der Waals surface area contributed by atoms with Gasteiger partial charge in [0.2, 0.25) is 0 Å². The molecule has 0 bridgehead atoms. The van der Waals surface area contributed by atoms with Gasteiger partial charge in [0.15, 0.2) is 0 Å². The second-order valence-electron chi connectivity index (χ2n) is 3.76. The first-order valence-corrected chi connectivity index (χ1v) is 6.59. The molecule has 0 atom stereocenters. The summed E-state index contributed by atoms with van der Waals surface area (Å²) >= 11 is 5.93. The van der Waals surface area contributed by atoms with E-state index in [-0.39, 0.29) is 9.92 Å². The molecule has 2 heterocycles. The van der Waals surface area contributed by atoms with Crippen molar-refractivity contribution >= 4 is 21.7 Å². The lowest BCUT2D eigenvalue weighted by molar-refractivity contribution is 0.475. The zero-order chi connectivity index (χ0) is 11.2. The number of nitrogens with zero attached hydrogens (tertiary/aromatic N) is 1. The van der Waals surface area contributed by atoms with E-state index in [2.05, 4.69) is 0 Å². The Labute approximate surface area is 93.6 Å². The number of hydrogen-bond acceptors (Lipinski definition) is 2. The monoisotopic (exact) mass is 249 g/mol. The van der Waals surface area contributed by atoms with Crippen LogP contribution in [0.3, 0.4) is 0 Å². The van der Waals surface area contributed by atoms with Gasteiger partial charge >= 0.3 is 0 Å². The van der Waals surface area contributed by atoms with Crippen LogP contribution in [-0.2, 0) is 23.1 Å². The third-order valence-electron chi connectivity index (χ3n) is 2.81. The Balaban J connectivity index is 2.75. The zero-order valence-electron chi connectivity index (χ0n) is 8.33. The molecular formula is C9H12ClNO3S. The lowest BCUT2D eigenvalue weighted by atomic mass is 10.1. The maximum absolute atomic E-state index is 11.2. The molecule has 1 N–H and O–H groups in total. The quantitative estimate of drug-likeness (QED) is 0.775. The Hall–Kier alpha value is -0.520. The Kier molecular flexibility index (Phi) is 2.56. The van der Waals surface area contributed by atoms with Crippen molar-refractivity contribution in [3.8, 4) is 0 Å². The van der Waals surface area contributed by atoms with E-state index in [9.17, 15) is 8.42 Å². The highest BCUT2D eigenvalue weighted by molar-refractivity contribution is 7.86. The fourth-order valence-corrected chi connectivity index (χ4v) is 3.50. The maximum Gasteiger partial charge on any atom is 0.297 e. The van der Waals surface area contributed by atoms with Gasteiger partial charge in [-0.15, -0.1) is 0 Å². The Morgan fingerprint density at radius 2 is 2.07 bits per heavy atom. The molecule has 0 aromatic carbocycles. The van der Waals surface area contributed by atoms with Gasteiger partial charge in [-0.05, 0) is 26.2 Å². The summed E-state index contributed by atoms with van der Waals surface area (Å²) in [7, 11) is -4.21. The maximum atomic E-state index is 11.2. The predicted molar refractivity (Wildman–Crippen MR) is 56.9 cm³/mol. The van der Waals surface area contributed by atoms with Gasteiger partial charge in [-0.3, -0.25) is 4.55 Å². The summed E-state index contributed by atoms with van der Waals surface area (Å²) in [4.78, 5) is -0.0960. The van der Waals surface area contributed by atoms with Crippen molar-refractivity contribution in [3.05, 3.63) is 16.4 Å². The Morgan fingerprint density at radius 3 is 2.67 bits per heavy atom. The highest BCUT2D eigenvalue weighted by atomic mass is 35.5. The molecular weight excluding hydrogens is 238 g/mol. The summed E-state index contributed by atoms with van der Waals surface area (Å²) in [5.41, 5.74) is 1.37. The van der Waals surface area contributed by atoms with Crippen molar-refractivity contribution in [3.63, 3.8) is 0 Å². The van der Waals surface area contributed by atoms with Crippen LogP contribution < -0.4 is 0 Å². The van der Waals surface area contributed by atoms with Gasteiger partial charge in [-0.25, -0.2) is 0 Å². The molecule has 0 saturated carbocycles. The van der Waals surface area contributed by atoms with E-state index in [4.69, 9.17) is 16.2 Å². The number of hydrogen-bond donors (Lipinski definition) is 1. The minimum absolute atomic E-state index is 0.0960. The van der Waals surface area contributed by atoms with E-state index in [0.29, 0.717) is 12.1 Å². The van der Waals surface area contributed by atoms with Crippen LogP contribution in [0, 0.1) is 6.92 Å². The third kappa shape index (κ3) is 1.68. The summed E-state index contributed by atoms with van der Waals surface area (Å²) < 4.78 is 33.4. The van der Waals surface area contributed by atoms with Gasteiger partial charge in [0, 0.05) is 17.9 Å². The fraction of sp³-hybridized carbons (Fsp3) is 0.556. The van der Waals surface area contributed by atoms with Crippen molar-refractivity contribution in [2.45, 2.75) is 37.6 Å². The summed E-state index contributed by atoms with van der Waals surface area (Å²) in [5.74, 6) is 0. The molecule has 0 saturated heterocycles. The van der Waals surface area contributed by atoms with E-state index < -0.39 is 10.1 Å². The van der Waals surface area contributed by atoms with E-state index in [1.165, 1.54) is 0 Å². The van der Waals surface area contributed by atoms with Crippen molar-refractivity contribution in [1.82, 2.24) is 4.57 Å². The average Bonchev–Trinajstić information content (AvgIpc) is 2.39. The number of rotatable bonds is 1. The molecule has 6 heteroatoms. The fourth-order valence-electron chi connectivity index (χ4n) is 2.11. The smallest absolute Gasteiger partial charge is 0.297 e. The molecule has 1 aromatic heterocycles. The molecule has 1 aromatic rings. The molecule has 4 nitrogen and oxygen atoms in total. The van der Waals surface area contributed by atoms with Gasteiger partial charge in [0.25, 0.3) is 10.1 Å². The van der Waals surface area contributed by atoms with E-state index >= 15 is 0 Å². The first-order valence-electron chi connectivity index (χ1n) is 4.78. The molecule has 84 valence electrons. The van der Waals surface area contributed by atoms with Crippen molar-refractivity contribution in [2.75, 3.05) is 0 Å². The van der Waals surface area contributed by atoms with Gasteiger partial charge in [-0.1, -0.05) is 11.6 Å². The first-order chi connectivity index (χ1) is 6.93. The van der Waals surface area contributed by atoms with Gasteiger partial charge in [0.05, 0.1) is 5.02 Å². The van der Waals surface area contributed by atoms with Crippen LogP contribution >= 0.6 is 11.6 Å². The minimum Gasteiger partial charge on any atom is -0.346 e. The molecule has 0 radical (unpaired) electrons. The zero-order valence-corrected chi connectivity index (χ0v) is 9.90. The van der Waals surface area contributed by atoms with Crippen molar-refractivity contribution in [2.24, 2.45) is 0 Å². The molecule has 1 aliphatic heterocycles. The van der Waals surface area contributed by atoms with Gasteiger partial charge in [0.1, 0.15) is 4.90 Å². The molecule has 0 unspecified atom stereocenters. The topological polar surface area (TPSA) is 59.3 Å². The third-order valence-corrected chi connectivity index (χ3v) is 4.34. The van der Waals surface area contributed by atoms with Gasteiger partial charge < -0.3 is 4.57 Å². The summed E-state index contributed by atoms with van der Waals surface area (Å²) in [6.07, 6.45) is 2.61. The normalized spacial score (nSPS) is 16.5. The molecule has 2 rings (SSSR count). The molecule has 1 aliphatic rings. The van der Waals surface area contributed by atoms with E-state index in [0.717, 1.165) is 25.1 Å². The molecule has 0 aliphatic carbocycles. The molecule has 0 amide bonds. The lowest BCUT2D eigenvalue weighted by Gasteiger charge is -2.16. The number of halogens is 1. The summed E-state index contributed by atoms with van der Waals surface area (Å²) in [6.45, 7) is 2.54. The van der Waals surface area contributed by atoms with Crippen LogP contribution in [0.25, 0.3) is 0 Å². The lowest BCUT2D eigenvalue weighted by Crippen LogP contribution is -2.13. The Bertz CT molecular complexity index is 504. The highest BCUT2D eigenvalue weighted by Gasteiger charge is 2.28. The Morgan fingerprint density at radius 1 is 1.40 bits per heavy atom. The molecule has 0 spiro atoms. The highest BCUT2D eigenvalue weighted by Crippen LogP contribution is 2.34. The predicted octanol–water partition coefficient (Wildman–Crippen LogP) is 2.03. The molecule has 15 heavy (non-hydrogen) atoms. The van der Waals surface area contributed by atoms with Crippen LogP contribution in [-0.4, -0.2) is 17.5 Å². The van der Waals surface area contributed by atoms with E-state index in [1.54, 1.807) is 6.92 Å². The van der Waals surface area contributed by atoms with Crippen LogP contribution in [0.15, 0.2) is 4.90 Å². The SMILES string of the molecule is Cc1c(Cl)c(S(=O)(=O)O)c2n1CCCC2.